The van der Waals surface area contributed by atoms with Crippen LogP contribution in [0.2, 0.25) is 0 Å². The van der Waals surface area contributed by atoms with Crippen molar-refractivity contribution >= 4 is 5.97 Å². The van der Waals surface area contributed by atoms with Crippen LogP contribution in [0.1, 0.15) is 39.6 Å². The van der Waals surface area contributed by atoms with E-state index in [9.17, 15) is 9.18 Å². The standard InChI is InChI=1S/C15H19FO2/c1-14(2)11(15(14,3)4)13(17)18-12(16)10-8-6-5-7-9-10/h5-9,11-12H,1-4H3. The highest BCUT2D eigenvalue weighted by atomic mass is 19.1. The molecule has 98 valence electrons. The molecule has 0 aromatic heterocycles. The second kappa shape index (κ2) is 4.08. The van der Waals surface area contributed by atoms with Crippen LogP contribution < -0.4 is 0 Å². The predicted molar refractivity (Wildman–Crippen MR) is 67.4 cm³/mol. The molecule has 0 spiro atoms. The SMILES string of the molecule is CC1(C)C(C(=O)OC(F)c2ccccc2)C1(C)C. The van der Waals surface area contributed by atoms with Gasteiger partial charge in [0, 0.05) is 5.56 Å². The molecule has 0 amide bonds. The Morgan fingerprint density at radius 1 is 1.17 bits per heavy atom. The fourth-order valence-electron chi connectivity index (χ4n) is 2.63. The van der Waals surface area contributed by atoms with E-state index in [2.05, 4.69) is 0 Å². The van der Waals surface area contributed by atoms with Crippen LogP contribution in [0.5, 0.6) is 0 Å². The Morgan fingerprint density at radius 2 is 1.67 bits per heavy atom. The molecule has 0 heterocycles. The van der Waals surface area contributed by atoms with Gasteiger partial charge < -0.3 is 4.74 Å². The van der Waals surface area contributed by atoms with Crippen molar-refractivity contribution in [2.75, 3.05) is 0 Å². The molecular weight excluding hydrogens is 231 g/mol. The minimum absolute atomic E-state index is 0.125. The Bertz CT molecular complexity index is 437. The maximum atomic E-state index is 13.8. The van der Waals surface area contributed by atoms with E-state index in [1.165, 1.54) is 0 Å². The van der Waals surface area contributed by atoms with Gasteiger partial charge in [0.1, 0.15) is 0 Å². The maximum Gasteiger partial charge on any atom is 0.312 e. The third-order valence-corrected chi connectivity index (χ3v) is 4.54. The van der Waals surface area contributed by atoms with E-state index < -0.39 is 12.3 Å². The van der Waals surface area contributed by atoms with Gasteiger partial charge in [0.2, 0.25) is 0 Å². The van der Waals surface area contributed by atoms with Gasteiger partial charge in [-0.2, -0.15) is 4.39 Å². The summed E-state index contributed by atoms with van der Waals surface area (Å²) in [5.74, 6) is -0.673. The summed E-state index contributed by atoms with van der Waals surface area (Å²) in [5, 5.41) is 0. The number of hydrogen-bond acceptors (Lipinski definition) is 2. The van der Waals surface area contributed by atoms with Gasteiger partial charge in [-0.15, -0.1) is 0 Å². The number of carbonyl (C=O) groups excluding carboxylic acids is 1. The molecule has 1 saturated carbocycles. The molecule has 1 aliphatic rings. The molecule has 1 unspecified atom stereocenters. The lowest BCUT2D eigenvalue weighted by molar-refractivity contribution is -0.161. The average molecular weight is 250 g/mol. The van der Waals surface area contributed by atoms with Gasteiger partial charge in [-0.25, -0.2) is 0 Å². The molecule has 2 nitrogen and oxygen atoms in total. The molecule has 1 fully saturated rings. The summed E-state index contributed by atoms with van der Waals surface area (Å²) in [6.07, 6.45) is -1.68. The summed E-state index contributed by atoms with van der Waals surface area (Å²) in [6, 6.07) is 8.47. The average Bonchev–Trinajstić information content (AvgIpc) is 2.70. The van der Waals surface area contributed by atoms with E-state index in [0.29, 0.717) is 5.56 Å². The van der Waals surface area contributed by atoms with Crippen molar-refractivity contribution in [1.82, 2.24) is 0 Å². The quantitative estimate of drug-likeness (QED) is 0.761. The molecule has 0 aliphatic heterocycles. The first-order chi connectivity index (χ1) is 8.28. The Morgan fingerprint density at radius 3 is 2.11 bits per heavy atom. The van der Waals surface area contributed by atoms with E-state index >= 15 is 0 Å². The summed E-state index contributed by atoms with van der Waals surface area (Å²) < 4.78 is 18.8. The Balaban J connectivity index is 2.02. The lowest BCUT2D eigenvalue weighted by Crippen LogP contribution is -2.13. The first kappa shape index (κ1) is 13.1. The highest BCUT2D eigenvalue weighted by molar-refractivity contribution is 5.79. The summed E-state index contributed by atoms with van der Waals surface area (Å²) >= 11 is 0. The largest absolute Gasteiger partial charge is 0.426 e. The number of carbonyl (C=O) groups is 1. The van der Waals surface area contributed by atoms with Crippen molar-refractivity contribution in [3.63, 3.8) is 0 Å². The van der Waals surface area contributed by atoms with Gasteiger partial charge in [-0.1, -0.05) is 58.0 Å². The van der Waals surface area contributed by atoms with Gasteiger partial charge in [0.25, 0.3) is 6.36 Å². The van der Waals surface area contributed by atoms with Crippen molar-refractivity contribution in [2.45, 2.75) is 34.1 Å². The van der Waals surface area contributed by atoms with Crippen LogP contribution >= 0.6 is 0 Å². The van der Waals surface area contributed by atoms with E-state index in [1.54, 1.807) is 30.3 Å². The lowest BCUT2D eigenvalue weighted by Gasteiger charge is -2.11. The lowest BCUT2D eigenvalue weighted by atomic mass is 10.0. The number of benzene rings is 1. The van der Waals surface area contributed by atoms with E-state index in [4.69, 9.17) is 4.74 Å². The van der Waals surface area contributed by atoms with Crippen LogP contribution in [0.4, 0.5) is 4.39 Å². The number of ether oxygens (including phenoxy) is 1. The summed E-state index contributed by atoms with van der Waals surface area (Å²) in [5.41, 5.74) is 0.128. The maximum absolute atomic E-state index is 13.8. The monoisotopic (exact) mass is 250 g/mol. The van der Waals surface area contributed by atoms with Crippen molar-refractivity contribution < 1.29 is 13.9 Å². The molecule has 2 rings (SSSR count). The smallest absolute Gasteiger partial charge is 0.312 e. The third kappa shape index (κ3) is 1.92. The molecule has 1 aromatic rings. The Hall–Kier alpha value is -1.38. The number of rotatable bonds is 3. The van der Waals surface area contributed by atoms with Gasteiger partial charge >= 0.3 is 5.97 Å². The number of alkyl halides is 1. The second-order valence-electron chi connectivity index (χ2n) is 6.04. The van der Waals surface area contributed by atoms with Crippen LogP contribution in [0.15, 0.2) is 30.3 Å². The van der Waals surface area contributed by atoms with Crippen LogP contribution in [0, 0.1) is 16.7 Å². The third-order valence-electron chi connectivity index (χ3n) is 4.54. The Kier molecular flexibility index (Phi) is 2.96. The van der Waals surface area contributed by atoms with Gasteiger partial charge in [0.05, 0.1) is 5.92 Å². The van der Waals surface area contributed by atoms with Gasteiger partial charge in [-0.3, -0.25) is 4.79 Å². The van der Waals surface area contributed by atoms with Gasteiger partial charge in [0.15, 0.2) is 0 Å². The van der Waals surface area contributed by atoms with Crippen molar-refractivity contribution in [2.24, 2.45) is 16.7 Å². The molecular formula is C15H19FO2. The zero-order valence-electron chi connectivity index (χ0n) is 11.2. The zero-order chi connectivity index (χ0) is 13.6. The van der Waals surface area contributed by atoms with E-state index in [0.717, 1.165) is 0 Å². The fourth-order valence-corrected chi connectivity index (χ4v) is 2.63. The van der Waals surface area contributed by atoms with Crippen LogP contribution in [0.25, 0.3) is 0 Å². The van der Waals surface area contributed by atoms with Crippen molar-refractivity contribution in [1.29, 1.82) is 0 Å². The highest BCUT2D eigenvalue weighted by Gasteiger charge is 2.69. The fraction of sp³-hybridized carbons (Fsp3) is 0.533. The minimum atomic E-state index is -1.68. The topological polar surface area (TPSA) is 26.3 Å². The predicted octanol–water partition coefficient (Wildman–Crippen LogP) is 3.88. The van der Waals surface area contributed by atoms with E-state index in [1.807, 2.05) is 27.7 Å². The molecule has 1 aromatic carbocycles. The molecule has 0 N–H and O–H groups in total. The number of halogens is 1. The Labute approximate surface area is 107 Å². The zero-order valence-corrected chi connectivity index (χ0v) is 11.2. The second-order valence-corrected chi connectivity index (χ2v) is 6.04. The molecule has 3 heteroatoms. The molecule has 0 radical (unpaired) electrons. The first-order valence-electron chi connectivity index (χ1n) is 6.18. The molecule has 0 bridgehead atoms. The van der Waals surface area contributed by atoms with Crippen LogP contribution in [-0.2, 0) is 9.53 Å². The summed E-state index contributed by atoms with van der Waals surface area (Å²) in [7, 11) is 0. The summed E-state index contributed by atoms with van der Waals surface area (Å²) in [6.45, 7) is 8.03. The van der Waals surface area contributed by atoms with Crippen molar-refractivity contribution in [3.05, 3.63) is 35.9 Å². The normalized spacial score (nSPS) is 22.3. The van der Waals surface area contributed by atoms with Gasteiger partial charge in [-0.05, 0) is 10.8 Å². The van der Waals surface area contributed by atoms with E-state index in [-0.39, 0.29) is 16.7 Å². The highest BCUT2D eigenvalue weighted by Crippen LogP contribution is 2.68. The first-order valence-corrected chi connectivity index (χ1v) is 6.18. The van der Waals surface area contributed by atoms with Crippen LogP contribution in [-0.4, -0.2) is 5.97 Å². The molecule has 1 atom stereocenters. The molecule has 18 heavy (non-hydrogen) atoms. The molecule has 1 aliphatic carbocycles. The molecule has 0 saturated heterocycles. The number of hydrogen-bond donors (Lipinski definition) is 0. The number of esters is 1. The van der Waals surface area contributed by atoms with Crippen molar-refractivity contribution in [3.8, 4) is 0 Å². The summed E-state index contributed by atoms with van der Waals surface area (Å²) in [4.78, 5) is 12.0. The van der Waals surface area contributed by atoms with Crippen LogP contribution in [0.3, 0.4) is 0 Å². The minimum Gasteiger partial charge on any atom is -0.426 e.